The molecule has 7 nitrogen and oxygen atoms in total. The number of piperazine rings is 1. The highest BCUT2D eigenvalue weighted by atomic mass is 16.5. The fraction of sp³-hybridized carbons (Fsp3) is 0.957. The molecule has 0 radical (unpaired) electrons. The van der Waals surface area contributed by atoms with Crippen molar-refractivity contribution in [2.75, 3.05) is 91.8 Å². The van der Waals surface area contributed by atoms with Crippen molar-refractivity contribution in [1.29, 1.82) is 0 Å². The average molecular weight is 425 g/mol. The zero-order chi connectivity index (χ0) is 21.6. The van der Waals surface area contributed by atoms with E-state index >= 15 is 0 Å². The first-order chi connectivity index (χ1) is 14.3. The number of nitrogens with zero attached hydrogens (tertiary/aromatic N) is 4. The molecule has 3 fully saturated rings. The molecule has 0 aromatic heterocycles. The molecular formula is C23H44N4O3. The van der Waals surface area contributed by atoms with E-state index in [1.165, 1.54) is 0 Å². The summed E-state index contributed by atoms with van der Waals surface area (Å²) in [7, 11) is 0. The minimum atomic E-state index is -0.320. The van der Waals surface area contributed by atoms with E-state index in [-0.39, 0.29) is 16.9 Å². The molecule has 174 valence electrons. The maximum atomic E-state index is 12.7. The molecule has 30 heavy (non-hydrogen) atoms. The number of esters is 1. The largest absolute Gasteiger partial charge is 0.464 e. The fourth-order valence-electron chi connectivity index (χ4n) is 4.67. The Hall–Kier alpha value is -0.730. The first kappa shape index (κ1) is 23.9. The van der Waals surface area contributed by atoms with E-state index in [2.05, 4.69) is 47.3 Å². The molecule has 3 rings (SSSR count). The number of piperidine rings is 1. The summed E-state index contributed by atoms with van der Waals surface area (Å²) >= 11 is 0. The Morgan fingerprint density at radius 2 is 1.37 bits per heavy atom. The molecule has 3 saturated heterocycles. The third kappa shape index (κ3) is 6.89. The highest BCUT2D eigenvalue weighted by molar-refractivity contribution is 5.76. The first-order valence-corrected chi connectivity index (χ1v) is 11.9. The summed E-state index contributed by atoms with van der Waals surface area (Å²) in [6.07, 6.45) is 1.81. The van der Waals surface area contributed by atoms with Crippen molar-refractivity contribution in [3.8, 4) is 0 Å². The predicted molar refractivity (Wildman–Crippen MR) is 120 cm³/mol. The van der Waals surface area contributed by atoms with Crippen molar-refractivity contribution in [3.05, 3.63) is 0 Å². The van der Waals surface area contributed by atoms with Crippen molar-refractivity contribution in [1.82, 2.24) is 19.6 Å². The van der Waals surface area contributed by atoms with Gasteiger partial charge in [-0.3, -0.25) is 19.5 Å². The molecule has 0 bridgehead atoms. The minimum absolute atomic E-state index is 0.00582. The van der Waals surface area contributed by atoms with Crippen LogP contribution in [-0.4, -0.2) is 123 Å². The van der Waals surface area contributed by atoms with Crippen molar-refractivity contribution < 1.29 is 14.3 Å². The van der Waals surface area contributed by atoms with E-state index < -0.39 is 0 Å². The van der Waals surface area contributed by atoms with Gasteiger partial charge in [-0.25, -0.2) is 0 Å². The van der Waals surface area contributed by atoms with Crippen LogP contribution in [0, 0.1) is 5.41 Å². The van der Waals surface area contributed by atoms with Crippen molar-refractivity contribution in [3.63, 3.8) is 0 Å². The maximum Gasteiger partial charge on any atom is 0.311 e. The molecule has 0 N–H and O–H groups in total. The molecule has 3 aliphatic heterocycles. The van der Waals surface area contributed by atoms with Crippen molar-refractivity contribution >= 4 is 5.97 Å². The Morgan fingerprint density at radius 3 is 1.93 bits per heavy atom. The molecule has 3 aliphatic rings. The molecular weight excluding hydrogens is 380 g/mol. The molecule has 0 aliphatic carbocycles. The smallest absolute Gasteiger partial charge is 0.311 e. The van der Waals surface area contributed by atoms with Gasteiger partial charge in [0.2, 0.25) is 0 Å². The molecule has 0 aromatic carbocycles. The first-order valence-electron chi connectivity index (χ1n) is 11.9. The summed E-state index contributed by atoms with van der Waals surface area (Å²) < 4.78 is 11.0. The number of rotatable bonds is 7. The van der Waals surface area contributed by atoms with E-state index in [9.17, 15) is 4.79 Å². The van der Waals surface area contributed by atoms with Crippen LogP contribution in [-0.2, 0) is 14.3 Å². The van der Waals surface area contributed by atoms with E-state index in [1.54, 1.807) is 0 Å². The van der Waals surface area contributed by atoms with Crippen molar-refractivity contribution in [2.24, 2.45) is 5.41 Å². The van der Waals surface area contributed by atoms with Gasteiger partial charge in [0.25, 0.3) is 0 Å². The van der Waals surface area contributed by atoms with E-state index in [4.69, 9.17) is 9.47 Å². The summed E-state index contributed by atoms with van der Waals surface area (Å²) in [5.74, 6) is -0.00582. The minimum Gasteiger partial charge on any atom is -0.464 e. The van der Waals surface area contributed by atoms with E-state index in [0.717, 1.165) is 98.0 Å². The lowest BCUT2D eigenvalue weighted by Gasteiger charge is -2.43. The Labute approximate surface area is 183 Å². The van der Waals surface area contributed by atoms with Crippen LogP contribution in [0.1, 0.15) is 40.5 Å². The lowest BCUT2D eigenvalue weighted by Crippen LogP contribution is -2.54. The van der Waals surface area contributed by atoms with Gasteiger partial charge >= 0.3 is 5.97 Å². The van der Waals surface area contributed by atoms with Gasteiger partial charge in [0.1, 0.15) is 6.61 Å². The van der Waals surface area contributed by atoms with Crippen LogP contribution in [0.25, 0.3) is 0 Å². The molecule has 0 aromatic rings. The van der Waals surface area contributed by atoms with Crippen molar-refractivity contribution in [2.45, 2.75) is 46.1 Å². The number of hydrogen-bond acceptors (Lipinski definition) is 7. The second-order valence-corrected chi connectivity index (χ2v) is 10.5. The Bertz CT molecular complexity index is 529. The van der Waals surface area contributed by atoms with Gasteiger partial charge in [0.15, 0.2) is 0 Å². The molecule has 3 heterocycles. The number of ether oxygens (including phenoxy) is 2. The van der Waals surface area contributed by atoms with Crippen LogP contribution < -0.4 is 0 Å². The van der Waals surface area contributed by atoms with Crippen LogP contribution in [0.4, 0.5) is 0 Å². The monoisotopic (exact) mass is 424 g/mol. The van der Waals surface area contributed by atoms with Crippen LogP contribution in [0.2, 0.25) is 0 Å². The molecule has 0 spiro atoms. The highest BCUT2D eigenvalue weighted by Gasteiger charge is 2.38. The zero-order valence-corrected chi connectivity index (χ0v) is 19.8. The van der Waals surface area contributed by atoms with Gasteiger partial charge in [-0.2, -0.15) is 0 Å². The lowest BCUT2D eigenvalue weighted by atomic mass is 9.80. The summed E-state index contributed by atoms with van der Waals surface area (Å²) in [5.41, 5.74) is -0.0416. The van der Waals surface area contributed by atoms with Crippen LogP contribution >= 0.6 is 0 Å². The fourth-order valence-corrected chi connectivity index (χ4v) is 4.67. The highest BCUT2D eigenvalue weighted by Crippen LogP contribution is 2.32. The van der Waals surface area contributed by atoms with Gasteiger partial charge in [-0.15, -0.1) is 0 Å². The standard InChI is InChI=1S/C23H44N4O3/c1-22(2,3)27-13-11-25(12-14-27)10-9-24-7-5-23(4,6-8-24)21(28)30-20-17-26-15-18-29-19-16-26/h5-20H2,1-4H3. The Kier molecular flexibility index (Phi) is 8.55. The van der Waals surface area contributed by atoms with Gasteiger partial charge in [-0.1, -0.05) is 0 Å². The van der Waals surface area contributed by atoms with Gasteiger partial charge in [0, 0.05) is 64.4 Å². The third-order valence-electron chi connectivity index (χ3n) is 7.25. The normalized spacial score (nSPS) is 25.3. The van der Waals surface area contributed by atoms with Gasteiger partial charge < -0.3 is 14.4 Å². The topological polar surface area (TPSA) is 48.5 Å². The number of likely N-dealkylation sites (tertiary alicyclic amines) is 1. The molecule has 0 unspecified atom stereocenters. The number of hydrogen-bond donors (Lipinski definition) is 0. The number of carbonyl (C=O) groups excluding carboxylic acids is 1. The van der Waals surface area contributed by atoms with Gasteiger partial charge in [0.05, 0.1) is 18.6 Å². The average Bonchev–Trinajstić information content (AvgIpc) is 2.74. The second-order valence-electron chi connectivity index (χ2n) is 10.5. The quantitative estimate of drug-likeness (QED) is 0.572. The molecule has 7 heteroatoms. The summed E-state index contributed by atoms with van der Waals surface area (Å²) in [6.45, 7) is 22.7. The van der Waals surface area contributed by atoms with E-state index in [0.29, 0.717) is 6.61 Å². The van der Waals surface area contributed by atoms with Crippen LogP contribution in [0.3, 0.4) is 0 Å². The van der Waals surface area contributed by atoms with E-state index in [1.807, 2.05) is 0 Å². The van der Waals surface area contributed by atoms with Gasteiger partial charge in [-0.05, 0) is 53.6 Å². The third-order valence-corrected chi connectivity index (χ3v) is 7.25. The second kappa shape index (κ2) is 10.7. The number of carbonyl (C=O) groups is 1. The summed E-state index contributed by atoms with van der Waals surface area (Å²) in [6, 6.07) is 0. The zero-order valence-electron chi connectivity index (χ0n) is 19.8. The maximum absolute atomic E-state index is 12.7. The SMILES string of the molecule is CC1(C(=O)OCCN2CCOCC2)CCN(CCN2CCN(C(C)(C)C)CC2)CC1. The molecule has 0 saturated carbocycles. The summed E-state index contributed by atoms with van der Waals surface area (Å²) in [5, 5.41) is 0. The van der Waals surface area contributed by atoms with Crippen LogP contribution in [0.15, 0.2) is 0 Å². The number of morpholine rings is 1. The Morgan fingerprint density at radius 1 is 0.833 bits per heavy atom. The predicted octanol–water partition coefficient (Wildman–Crippen LogP) is 1.38. The van der Waals surface area contributed by atoms with Crippen LogP contribution in [0.5, 0.6) is 0 Å². The lowest BCUT2D eigenvalue weighted by molar-refractivity contribution is -0.158. The molecule has 0 amide bonds. The molecule has 0 atom stereocenters. The Balaban J connectivity index is 1.30. The summed E-state index contributed by atoms with van der Waals surface area (Å²) in [4.78, 5) is 22.7.